The SMILES string of the molecule is Cc1ccc(C)c(C(=O)N(C)CCN2CCNCC2)c1. The van der Waals surface area contributed by atoms with Crippen LogP contribution in [0.15, 0.2) is 18.2 Å². The van der Waals surface area contributed by atoms with E-state index >= 15 is 0 Å². The molecule has 4 heteroatoms. The van der Waals surface area contributed by atoms with Gasteiger partial charge in [0.1, 0.15) is 0 Å². The van der Waals surface area contributed by atoms with Crippen LogP contribution in [0.2, 0.25) is 0 Å². The summed E-state index contributed by atoms with van der Waals surface area (Å²) in [5.74, 6) is 0.126. The predicted molar refractivity (Wildman–Crippen MR) is 82.2 cm³/mol. The van der Waals surface area contributed by atoms with Gasteiger partial charge in [-0.05, 0) is 25.5 Å². The Labute approximate surface area is 121 Å². The Kier molecular flexibility index (Phi) is 5.15. The van der Waals surface area contributed by atoms with Gasteiger partial charge in [0.25, 0.3) is 5.91 Å². The number of rotatable bonds is 4. The van der Waals surface area contributed by atoms with Crippen molar-refractivity contribution in [3.8, 4) is 0 Å². The predicted octanol–water partition coefficient (Wildman–Crippen LogP) is 1.28. The van der Waals surface area contributed by atoms with Crippen molar-refractivity contribution in [2.45, 2.75) is 13.8 Å². The minimum Gasteiger partial charge on any atom is -0.340 e. The molecule has 0 spiro atoms. The van der Waals surface area contributed by atoms with Crippen molar-refractivity contribution in [2.24, 2.45) is 0 Å². The van der Waals surface area contributed by atoms with Gasteiger partial charge in [0.05, 0.1) is 0 Å². The third kappa shape index (κ3) is 3.81. The third-order valence-electron chi connectivity index (χ3n) is 3.93. The van der Waals surface area contributed by atoms with Gasteiger partial charge >= 0.3 is 0 Å². The van der Waals surface area contributed by atoms with E-state index in [1.807, 2.05) is 44.0 Å². The van der Waals surface area contributed by atoms with Gasteiger partial charge in [0, 0.05) is 51.9 Å². The summed E-state index contributed by atoms with van der Waals surface area (Å²) >= 11 is 0. The van der Waals surface area contributed by atoms with E-state index in [-0.39, 0.29) is 5.91 Å². The number of hydrogen-bond acceptors (Lipinski definition) is 3. The summed E-state index contributed by atoms with van der Waals surface area (Å²) in [6.45, 7) is 10.0. The van der Waals surface area contributed by atoms with Crippen LogP contribution in [0.25, 0.3) is 0 Å². The zero-order valence-electron chi connectivity index (χ0n) is 12.8. The molecular formula is C16H25N3O. The fraction of sp³-hybridized carbons (Fsp3) is 0.562. The minimum atomic E-state index is 0.126. The minimum absolute atomic E-state index is 0.126. The fourth-order valence-corrected chi connectivity index (χ4v) is 2.50. The van der Waals surface area contributed by atoms with Crippen molar-refractivity contribution in [3.05, 3.63) is 34.9 Å². The van der Waals surface area contributed by atoms with E-state index < -0.39 is 0 Å². The van der Waals surface area contributed by atoms with Gasteiger partial charge in [-0.15, -0.1) is 0 Å². The first-order chi connectivity index (χ1) is 9.58. The summed E-state index contributed by atoms with van der Waals surface area (Å²) in [6.07, 6.45) is 0. The molecule has 0 atom stereocenters. The fourth-order valence-electron chi connectivity index (χ4n) is 2.50. The highest BCUT2D eigenvalue weighted by Gasteiger charge is 2.16. The normalized spacial score (nSPS) is 16.1. The molecule has 1 N–H and O–H groups in total. The van der Waals surface area contributed by atoms with Gasteiger partial charge in [-0.2, -0.15) is 0 Å². The summed E-state index contributed by atoms with van der Waals surface area (Å²) in [7, 11) is 1.90. The number of amides is 1. The number of piperazine rings is 1. The van der Waals surface area contributed by atoms with Gasteiger partial charge in [0.15, 0.2) is 0 Å². The van der Waals surface area contributed by atoms with Gasteiger partial charge in [0.2, 0.25) is 0 Å². The van der Waals surface area contributed by atoms with Crippen LogP contribution in [0, 0.1) is 13.8 Å². The average Bonchev–Trinajstić information content (AvgIpc) is 2.47. The molecule has 1 aromatic carbocycles. The lowest BCUT2D eigenvalue weighted by Gasteiger charge is -2.29. The Hall–Kier alpha value is -1.39. The largest absolute Gasteiger partial charge is 0.340 e. The molecule has 4 nitrogen and oxygen atoms in total. The summed E-state index contributed by atoms with van der Waals surface area (Å²) in [6, 6.07) is 6.05. The molecule has 1 fully saturated rings. The number of carbonyl (C=O) groups is 1. The van der Waals surface area contributed by atoms with Crippen LogP contribution >= 0.6 is 0 Å². The van der Waals surface area contributed by atoms with Gasteiger partial charge < -0.3 is 10.2 Å². The standard InChI is InChI=1S/C16H25N3O/c1-13-4-5-14(2)15(12-13)16(20)18(3)10-11-19-8-6-17-7-9-19/h4-5,12,17H,6-11H2,1-3H3. The van der Waals surface area contributed by atoms with E-state index in [1.165, 1.54) is 0 Å². The summed E-state index contributed by atoms with van der Waals surface area (Å²) in [4.78, 5) is 16.7. The highest BCUT2D eigenvalue weighted by molar-refractivity contribution is 5.95. The number of carbonyl (C=O) groups excluding carboxylic acids is 1. The van der Waals surface area contributed by atoms with Crippen LogP contribution in [0.1, 0.15) is 21.5 Å². The second-order valence-corrected chi connectivity index (χ2v) is 5.64. The summed E-state index contributed by atoms with van der Waals surface area (Å²) < 4.78 is 0. The molecule has 0 aliphatic carbocycles. The highest BCUT2D eigenvalue weighted by Crippen LogP contribution is 2.12. The van der Waals surface area contributed by atoms with Crippen molar-refractivity contribution < 1.29 is 4.79 Å². The molecule has 2 rings (SSSR count). The Morgan fingerprint density at radius 1 is 1.30 bits per heavy atom. The number of nitrogens with zero attached hydrogens (tertiary/aromatic N) is 2. The zero-order chi connectivity index (χ0) is 14.5. The quantitative estimate of drug-likeness (QED) is 0.899. The Balaban J connectivity index is 1.92. The van der Waals surface area contributed by atoms with E-state index in [9.17, 15) is 4.79 Å². The Morgan fingerprint density at radius 2 is 2.00 bits per heavy atom. The van der Waals surface area contributed by atoms with Crippen molar-refractivity contribution >= 4 is 5.91 Å². The molecule has 1 aliphatic rings. The molecule has 0 saturated carbocycles. The molecule has 0 radical (unpaired) electrons. The molecule has 110 valence electrons. The first-order valence-corrected chi connectivity index (χ1v) is 7.33. The van der Waals surface area contributed by atoms with Crippen LogP contribution in [-0.2, 0) is 0 Å². The van der Waals surface area contributed by atoms with E-state index in [0.717, 1.165) is 56.0 Å². The molecule has 1 amide bonds. The van der Waals surface area contributed by atoms with Crippen LogP contribution in [-0.4, -0.2) is 62.0 Å². The summed E-state index contributed by atoms with van der Waals surface area (Å²) in [5.41, 5.74) is 3.01. The highest BCUT2D eigenvalue weighted by atomic mass is 16.2. The van der Waals surface area contributed by atoms with Crippen LogP contribution in [0.4, 0.5) is 0 Å². The van der Waals surface area contributed by atoms with E-state index in [2.05, 4.69) is 10.2 Å². The first kappa shape index (κ1) is 15.0. The smallest absolute Gasteiger partial charge is 0.253 e. The van der Waals surface area contributed by atoms with E-state index in [0.29, 0.717) is 0 Å². The van der Waals surface area contributed by atoms with Crippen LogP contribution < -0.4 is 5.32 Å². The molecule has 1 heterocycles. The van der Waals surface area contributed by atoms with Crippen LogP contribution in [0.3, 0.4) is 0 Å². The van der Waals surface area contributed by atoms with E-state index in [1.54, 1.807) is 0 Å². The summed E-state index contributed by atoms with van der Waals surface area (Å²) in [5, 5.41) is 3.34. The van der Waals surface area contributed by atoms with Gasteiger partial charge in [-0.3, -0.25) is 9.69 Å². The van der Waals surface area contributed by atoms with Crippen molar-refractivity contribution in [3.63, 3.8) is 0 Å². The molecule has 1 saturated heterocycles. The number of likely N-dealkylation sites (N-methyl/N-ethyl adjacent to an activating group) is 1. The lowest BCUT2D eigenvalue weighted by atomic mass is 10.0. The zero-order valence-corrected chi connectivity index (χ0v) is 12.8. The van der Waals surface area contributed by atoms with Gasteiger partial charge in [-0.25, -0.2) is 0 Å². The van der Waals surface area contributed by atoms with Crippen molar-refractivity contribution in [1.29, 1.82) is 0 Å². The maximum atomic E-state index is 12.5. The van der Waals surface area contributed by atoms with Crippen molar-refractivity contribution in [2.75, 3.05) is 46.3 Å². The molecular weight excluding hydrogens is 250 g/mol. The molecule has 0 aromatic heterocycles. The van der Waals surface area contributed by atoms with Crippen molar-refractivity contribution in [1.82, 2.24) is 15.1 Å². The number of benzene rings is 1. The second kappa shape index (κ2) is 6.86. The monoisotopic (exact) mass is 275 g/mol. The second-order valence-electron chi connectivity index (χ2n) is 5.64. The molecule has 20 heavy (non-hydrogen) atoms. The molecule has 1 aliphatic heterocycles. The topological polar surface area (TPSA) is 35.6 Å². The lowest BCUT2D eigenvalue weighted by Crippen LogP contribution is -2.46. The third-order valence-corrected chi connectivity index (χ3v) is 3.93. The number of aryl methyl sites for hydroxylation is 2. The molecule has 1 aromatic rings. The van der Waals surface area contributed by atoms with E-state index in [4.69, 9.17) is 0 Å². The first-order valence-electron chi connectivity index (χ1n) is 7.33. The maximum Gasteiger partial charge on any atom is 0.253 e. The maximum absolute atomic E-state index is 12.5. The average molecular weight is 275 g/mol. The van der Waals surface area contributed by atoms with Crippen LogP contribution in [0.5, 0.6) is 0 Å². The number of nitrogens with one attached hydrogen (secondary N) is 1. The number of hydrogen-bond donors (Lipinski definition) is 1. The lowest BCUT2D eigenvalue weighted by molar-refractivity contribution is 0.0774. The molecule has 0 unspecified atom stereocenters. The molecule has 0 bridgehead atoms. The Morgan fingerprint density at radius 3 is 2.70 bits per heavy atom. The van der Waals surface area contributed by atoms with Gasteiger partial charge in [-0.1, -0.05) is 17.7 Å². The Bertz CT molecular complexity index is 467.